The molecule has 0 radical (unpaired) electrons. The van der Waals surface area contributed by atoms with Crippen molar-refractivity contribution in [3.8, 4) is 5.75 Å². The first-order valence-electron chi connectivity index (χ1n) is 6.10. The van der Waals surface area contributed by atoms with Crippen LogP contribution in [0.5, 0.6) is 5.75 Å². The third-order valence-corrected chi connectivity index (χ3v) is 3.09. The Morgan fingerprint density at radius 1 is 1.26 bits per heavy atom. The first-order valence-corrected chi connectivity index (χ1v) is 6.10. The third kappa shape index (κ3) is 4.94. The molecule has 1 aliphatic carbocycles. The average molecular weight is 294 g/mol. The van der Waals surface area contributed by atoms with Crippen LogP contribution < -0.4 is 61.6 Å². The van der Waals surface area contributed by atoms with Crippen LogP contribution in [-0.4, -0.2) is 13.1 Å². The van der Waals surface area contributed by atoms with Gasteiger partial charge in [0.15, 0.2) is 0 Å². The minimum absolute atomic E-state index is 0. The SMILES string of the molecule is Cc1cc(OC2C=CCCC2)ccc1[B-](F)(F)F.[K+]. The molecule has 0 aliphatic heterocycles. The predicted octanol–water partition coefficient (Wildman–Crippen LogP) is 0.541. The number of benzene rings is 1. The summed E-state index contributed by atoms with van der Waals surface area (Å²) in [5.41, 5.74) is -0.318. The van der Waals surface area contributed by atoms with Crippen molar-refractivity contribution in [2.75, 3.05) is 0 Å². The summed E-state index contributed by atoms with van der Waals surface area (Å²) in [6.07, 6.45) is 7.04. The number of ether oxygens (including phenoxy) is 1. The van der Waals surface area contributed by atoms with Crippen molar-refractivity contribution in [1.29, 1.82) is 0 Å². The van der Waals surface area contributed by atoms with Crippen LogP contribution in [0.3, 0.4) is 0 Å². The van der Waals surface area contributed by atoms with Gasteiger partial charge in [0.2, 0.25) is 0 Å². The summed E-state index contributed by atoms with van der Waals surface area (Å²) in [5.74, 6) is 0.507. The molecule has 0 saturated carbocycles. The molecule has 1 aromatic carbocycles. The Labute approximate surface area is 154 Å². The Morgan fingerprint density at radius 2 is 2.00 bits per heavy atom. The van der Waals surface area contributed by atoms with E-state index in [1.807, 2.05) is 12.2 Å². The molecule has 0 saturated heterocycles. The van der Waals surface area contributed by atoms with Gasteiger partial charge in [-0.1, -0.05) is 17.7 Å². The van der Waals surface area contributed by atoms with E-state index in [2.05, 4.69) is 0 Å². The molecule has 0 aromatic heterocycles. The van der Waals surface area contributed by atoms with Gasteiger partial charge in [0, 0.05) is 0 Å². The number of rotatable bonds is 3. The molecular weight excluding hydrogens is 279 g/mol. The molecule has 1 aromatic rings. The zero-order valence-corrected chi connectivity index (χ0v) is 14.3. The number of hydrogen-bond acceptors (Lipinski definition) is 1. The van der Waals surface area contributed by atoms with Crippen LogP contribution in [0.15, 0.2) is 30.4 Å². The molecule has 0 N–H and O–H groups in total. The summed E-state index contributed by atoms with van der Waals surface area (Å²) in [5, 5.41) is 0. The van der Waals surface area contributed by atoms with Gasteiger partial charge >= 0.3 is 58.4 Å². The number of allylic oxidation sites excluding steroid dienone is 1. The molecule has 0 spiro atoms. The van der Waals surface area contributed by atoms with Crippen molar-refractivity contribution in [1.82, 2.24) is 0 Å². The zero-order chi connectivity index (χ0) is 13.2. The van der Waals surface area contributed by atoms with Crippen molar-refractivity contribution in [3.63, 3.8) is 0 Å². The van der Waals surface area contributed by atoms with E-state index < -0.39 is 12.4 Å². The van der Waals surface area contributed by atoms with Crippen molar-refractivity contribution in [2.24, 2.45) is 0 Å². The minimum atomic E-state index is -4.94. The Kier molecular flexibility index (Phi) is 6.66. The van der Waals surface area contributed by atoms with Gasteiger partial charge in [-0.15, -0.1) is 5.46 Å². The molecule has 0 bridgehead atoms. The standard InChI is InChI=1S/C13H15BF3O.K/c1-10-9-12(7-8-13(10)14(15,16)17)18-11-5-3-2-4-6-11;/h3,5,7-9,11H,2,4,6H2,1H3;/q-1;+1. The maximum Gasteiger partial charge on any atom is 1.00 e. The molecule has 0 amide bonds. The van der Waals surface area contributed by atoms with Crippen LogP contribution in [0, 0.1) is 6.92 Å². The molecule has 1 aliphatic rings. The molecule has 19 heavy (non-hydrogen) atoms. The van der Waals surface area contributed by atoms with Crippen molar-refractivity contribution in [2.45, 2.75) is 32.3 Å². The summed E-state index contributed by atoms with van der Waals surface area (Å²) < 4.78 is 43.6. The minimum Gasteiger partial charge on any atom is -0.486 e. The van der Waals surface area contributed by atoms with E-state index in [-0.39, 0.29) is 63.1 Å². The molecule has 1 atom stereocenters. The fourth-order valence-corrected chi connectivity index (χ4v) is 2.14. The second-order valence-corrected chi connectivity index (χ2v) is 4.61. The van der Waals surface area contributed by atoms with Crippen molar-refractivity contribution >= 4 is 12.4 Å². The van der Waals surface area contributed by atoms with Gasteiger partial charge < -0.3 is 17.7 Å². The van der Waals surface area contributed by atoms with Crippen LogP contribution in [0.25, 0.3) is 0 Å². The second kappa shape index (κ2) is 7.31. The van der Waals surface area contributed by atoms with Gasteiger partial charge in [0.25, 0.3) is 0 Å². The summed E-state index contributed by atoms with van der Waals surface area (Å²) in [6, 6.07) is 3.98. The summed E-state index contributed by atoms with van der Waals surface area (Å²) in [7, 11) is 0. The van der Waals surface area contributed by atoms with Crippen LogP contribution in [0.4, 0.5) is 12.9 Å². The maximum absolute atomic E-state index is 12.6. The van der Waals surface area contributed by atoms with E-state index in [9.17, 15) is 12.9 Å². The average Bonchev–Trinajstić information content (AvgIpc) is 2.28. The third-order valence-electron chi connectivity index (χ3n) is 3.09. The molecular formula is C13H15BF3KO. The largest absolute Gasteiger partial charge is 1.00 e. The van der Waals surface area contributed by atoms with Gasteiger partial charge in [-0.25, -0.2) is 0 Å². The molecule has 6 heteroatoms. The maximum atomic E-state index is 12.6. The first-order chi connectivity index (χ1) is 8.47. The Morgan fingerprint density at radius 3 is 2.53 bits per heavy atom. The van der Waals surface area contributed by atoms with E-state index in [0.29, 0.717) is 5.75 Å². The fraction of sp³-hybridized carbons (Fsp3) is 0.385. The van der Waals surface area contributed by atoms with E-state index >= 15 is 0 Å². The molecule has 98 valence electrons. The van der Waals surface area contributed by atoms with E-state index in [4.69, 9.17) is 4.74 Å². The van der Waals surface area contributed by atoms with Gasteiger partial charge in [-0.2, -0.15) is 0 Å². The van der Waals surface area contributed by atoms with Gasteiger partial charge in [-0.05, 0) is 44.4 Å². The van der Waals surface area contributed by atoms with Crippen LogP contribution in [0.1, 0.15) is 24.8 Å². The number of aryl methyl sites for hydroxylation is 1. The topological polar surface area (TPSA) is 9.23 Å². The zero-order valence-electron chi connectivity index (χ0n) is 11.2. The Bertz CT molecular complexity index is 460. The summed E-state index contributed by atoms with van der Waals surface area (Å²) >= 11 is 0. The Hall–Kier alpha value is 0.251. The monoisotopic (exact) mass is 294 g/mol. The normalized spacial score (nSPS) is 18.8. The molecule has 0 fully saturated rings. The summed E-state index contributed by atoms with van der Waals surface area (Å²) in [4.78, 5) is 0. The summed E-state index contributed by atoms with van der Waals surface area (Å²) in [6.45, 7) is -3.47. The smallest absolute Gasteiger partial charge is 0.486 e. The first kappa shape index (κ1) is 17.3. The van der Waals surface area contributed by atoms with Crippen LogP contribution >= 0.6 is 0 Å². The Balaban J connectivity index is 0.00000180. The van der Waals surface area contributed by atoms with Crippen molar-refractivity contribution < 1.29 is 69.1 Å². The quantitative estimate of drug-likeness (QED) is 0.584. The van der Waals surface area contributed by atoms with Crippen LogP contribution in [0.2, 0.25) is 0 Å². The van der Waals surface area contributed by atoms with Gasteiger partial charge in [-0.3, -0.25) is 0 Å². The molecule has 0 heterocycles. The predicted molar refractivity (Wildman–Crippen MR) is 67.3 cm³/mol. The fourth-order valence-electron chi connectivity index (χ4n) is 2.14. The van der Waals surface area contributed by atoms with Gasteiger partial charge in [0.1, 0.15) is 11.9 Å². The molecule has 1 unspecified atom stereocenters. The number of halogens is 3. The van der Waals surface area contributed by atoms with E-state index in [1.165, 1.54) is 19.1 Å². The van der Waals surface area contributed by atoms with Crippen molar-refractivity contribution in [3.05, 3.63) is 35.9 Å². The molecule has 2 rings (SSSR count). The van der Waals surface area contributed by atoms with Crippen LogP contribution in [-0.2, 0) is 0 Å². The molecule has 1 nitrogen and oxygen atoms in total. The second-order valence-electron chi connectivity index (χ2n) is 4.61. The van der Waals surface area contributed by atoms with Gasteiger partial charge in [0.05, 0.1) is 0 Å². The van der Waals surface area contributed by atoms with E-state index in [0.717, 1.165) is 25.3 Å². The number of hydrogen-bond donors (Lipinski definition) is 0. The van der Waals surface area contributed by atoms with E-state index in [1.54, 1.807) is 0 Å².